The maximum absolute atomic E-state index is 13.4. The van der Waals surface area contributed by atoms with E-state index in [1.165, 1.54) is 29.2 Å². The molecule has 0 spiro atoms. The summed E-state index contributed by atoms with van der Waals surface area (Å²) in [5, 5.41) is 2.64. The van der Waals surface area contributed by atoms with Gasteiger partial charge >= 0.3 is 0 Å². The highest BCUT2D eigenvalue weighted by atomic mass is 19.2. The zero-order chi connectivity index (χ0) is 17.3. The van der Waals surface area contributed by atoms with Gasteiger partial charge in [0.05, 0.1) is 0 Å². The Hall–Kier alpha value is -2.83. The molecular weight excluding hydrogens is 321 g/mol. The Kier molecular flexibility index (Phi) is 4.24. The van der Waals surface area contributed by atoms with Gasteiger partial charge in [-0.15, -0.1) is 0 Å². The third kappa shape index (κ3) is 2.97. The summed E-state index contributed by atoms with van der Waals surface area (Å²) in [6.45, 7) is 0.442. The molecule has 0 aromatic heterocycles. The van der Waals surface area contributed by atoms with Crippen LogP contribution in [0, 0.1) is 17.5 Å². The first-order chi connectivity index (χ1) is 11.5. The minimum absolute atomic E-state index is 0.0595. The lowest BCUT2D eigenvalue weighted by molar-refractivity contribution is -0.128. The number of carbonyl (C=O) groups is 2. The van der Waals surface area contributed by atoms with Crippen molar-refractivity contribution in [1.29, 1.82) is 0 Å². The van der Waals surface area contributed by atoms with Gasteiger partial charge in [0.25, 0.3) is 5.91 Å². The Morgan fingerprint density at radius 2 is 1.75 bits per heavy atom. The van der Waals surface area contributed by atoms with Crippen LogP contribution in [0.1, 0.15) is 22.0 Å². The van der Waals surface area contributed by atoms with Gasteiger partial charge in [0, 0.05) is 18.7 Å². The van der Waals surface area contributed by atoms with Crippen LogP contribution in [0.4, 0.5) is 13.2 Å². The maximum atomic E-state index is 13.4. The van der Waals surface area contributed by atoms with Crippen LogP contribution in [0.2, 0.25) is 0 Å². The highest BCUT2D eigenvalue weighted by Gasteiger charge is 2.35. The molecule has 1 atom stereocenters. The fourth-order valence-electron chi connectivity index (χ4n) is 2.66. The maximum Gasteiger partial charge on any atom is 0.254 e. The molecule has 0 radical (unpaired) electrons. The molecule has 0 saturated carbocycles. The fraction of sp³-hybridized carbons (Fsp3) is 0.176. The van der Waals surface area contributed by atoms with Crippen LogP contribution in [0.25, 0.3) is 0 Å². The Bertz CT molecular complexity index is 793. The SMILES string of the molecule is O=C1NCCN(C(=O)c2ccc(F)c(F)c2)C1c1ccc(F)cc1. The first-order valence-corrected chi connectivity index (χ1v) is 7.26. The molecule has 0 aliphatic carbocycles. The van der Waals surface area contributed by atoms with Gasteiger partial charge in [0.15, 0.2) is 11.6 Å². The topological polar surface area (TPSA) is 49.4 Å². The summed E-state index contributed by atoms with van der Waals surface area (Å²) in [7, 11) is 0. The molecule has 1 N–H and O–H groups in total. The Labute approximate surface area is 135 Å². The second-order valence-corrected chi connectivity index (χ2v) is 5.37. The zero-order valence-electron chi connectivity index (χ0n) is 12.4. The average molecular weight is 334 g/mol. The van der Waals surface area contributed by atoms with Crippen molar-refractivity contribution in [1.82, 2.24) is 10.2 Å². The molecule has 1 saturated heterocycles. The van der Waals surface area contributed by atoms with E-state index in [1.54, 1.807) is 0 Å². The van der Waals surface area contributed by atoms with E-state index in [4.69, 9.17) is 0 Å². The largest absolute Gasteiger partial charge is 0.352 e. The smallest absolute Gasteiger partial charge is 0.254 e. The predicted octanol–water partition coefficient (Wildman–Crippen LogP) is 2.42. The third-order valence-electron chi connectivity index (χ3n) is 3.83. The highest BCUT2D eigenvalue weighted by molar-refractivity contribution is 5.98. The van der Waals surface area contributed by atoms with E-state index in [9.17, 15) is 22.8 Å². The van der Waals surface area contributed by atoms with Crippen LogP contribution in [-0.2, 0) is 4.79 Å². The lowest BCUT2D eigenvalue weighted by atomic mass is 10.0. The monoisotopic (exact) mass is 334 g/mol. The molecule has 1 unspecified atom stereocenters. The Morgan fingerprint density at radius 1 is 1.04 bits per heavy atom. The molecule has 7 heteroatoms. The van der Waals surface area contributed by atoms with Crippen LogP contribution in [0.3, 0.4) is 0 Å². The number of carbonyl (C=O) groups excluding carboxylic acids is 2. The fourth-order valence-corrected chi connectivity index (χ4v) is 2.66. The number of nitrogens with one attached hydrogen (secondary N) is 1. The van der Waals surface area contributed by atoms with Crippen LogP contribution in [0.15, 0.2) is 42.5 Å². The van der Waals surface area contributed by atoms with Gasteiger partial charge in [0.2, 0.25) is 5.91 Å². The third-order valence-corrected chi connectivity index (χ3v) is 3.83. The predicted molar refractivity (Wildman–Crippen MR) is 79.5 cm³/mol. The molecule has 1 aliphatic heterocycles. The first-order valence-electron chi connectivity index (χ1n) is 7.26. The number of hydrogen-bond donors (Lipinski definition) is 1. The molecule has 1 fully saturated rings. The molecule has 4 nitrogen and oxygen atoms in total. The molecule has 3 rings (SSSR count). The van der Waals surface area contributed by atoms with Crippen molar-refractivity contribution in [2.45, 2.75) is 6.04 Å². The number of rotatable bonds is 2. The molecule has 0 bridgehead atoms. The number of nitrogens with zero attached hydrogens (tertiary/aromatic N) is 1. The summed E-state index contributed by atoms with van der Waals surface area (Å²) in [5.74, 6) is -3.67. The van der Waals surface area contributed by atoms with Crippen LogP contribution in [0.5, 0.6) is 0 Å². The number of piperazine rings is 1. The minimum Gasteiger partial charge on any atom is -0.352 e. The summed E-state index contributed by atoms with van der Waals surface area (Å²) in [4.78, 5) is 26.1. The van der Waals surface area contributed by atoms with E-state index < -0.39 is 35.3 Å². The van der Waals surface area contributed by atoms with Gasteiger partial charge in [-0.3, -0.25) is 9.59 Å². The normalized spacial score (nSPS) is 17.5. The highest BCUT2D eigenvalue weighted by Crippen LogP contribution is 2.26. The second kappa shape index (κ2) is 6.35. The van der Waals surface area contributed by atoms with Crippen LogP contribution < -0.4 is 5.32 Å². The molecule has 124 valence electrons. The standard InChI is InChI=1S/C17H13F3N2O2/c18-12-4-1-10(2-5-12)15-16(23)21-7-8-22(15)17(24)11-3-6-13(19)14(20)9-11/h1-6,9,15H,7-8H2,(H,21,23). The Morgan fingerprint density at radius 3 is 2.42 bits per heavy atom. The zero-order valence-corrected chi connectivity index (χ0v) is 12.4. The second-order valence-electron chi connectivity index (χ2n) is 5.37. The van der Waals surface area contributed by atoms with E-state index in [1.807, 2.05) is 0 Å². The van der Waals surface area contributed by atoms with Gasteiger partial charge in [0.1, 0.15) is 11.9 Å². The lowest BCUT2D eigenvalue weighted by Crippen LogP contribution is -2.52. The van der Waals surface area contributed by atoms with Gasteiger partial charge in [-0.25, -0.2) is 13.2 Å². The van der Waals surface area contributed by atoms with Crippen molar-refractivity contribution in [3.63, 3.8) is 0 Å². The molecule has 2 aromatic rings. The van der Waals surface area contributed by atoms with Crippen molar-refractivity contribution in [3.05, 3.63) is 71.0 Å². The first kappa shape index (κ1) is 16.0. The van der Waals surface area contributed by atoms with Gasteiger partial charge in [-0.2, -0.15) is 0 Å². The van der Waals surface area contributed by atoms with Crippen molar-refractivity contribution >= 4 is 11.8 Å². The average Bonchev–Trinajstić information content (AvgIpc) is 2.57. The number of benzene rings is 2. The van der Waals surface area contributed by atoms with Crippen molar-refractivity contribution < 1.29 is 22.8 Å². The number of halogens is 3. The number of hydrogen-bond acceptors (Lipinski definition) is 2. The van der Waals surface area contributed by atoms with Gasteiger partial charge in [-0.05, 0) is 35.9 Å². The van der Waals surface area contributed by atoms with E-state index in [2.05, 4.69) is 5.32 Å². The minimum atomic E-state index is -1.14. The molecular formula is C17H13F3N2O2. The molecule has 2 aromatic carbocycles. The molecule has 1 heterocycles. The summed E-state index contributed by atoms with van der Waals surface area (Å²) in [5.41, 5.74) is 0.375. The number of amides is 2. The Balaban J connectivity index is 1.96. The summed E-state index contributed by atoms with van der Waals surface area (Å²) in [6.07, 6.45) is 0. The van der Waals surface area contributed by atoms with E-state index in [0.717, 1.165) is 18.2 Å². The van der Waals surface area contributed by atoms with Crippen molar-refractivity contribution in [2.24, 2.45) is 0 Å². The lowest BCUT2D eigenvalue weighted by Gasteiger charge is -2.35. The van der Waals surface area contributed by atoms with Crippen LogP contribution >= 0.6 is 0 Å². The summed E-state index contributed by atoms with van der Waals surface area (Å²) in [6, 6.07) is 7.07. The van der Waals surface area contributed by atoms with E-state index >= 15 is 0 Å². The van der Waals surface area contributed by atoms with Crippen LogP contribution in [-0.4, -0.2) is 29.8 Å². The van der Waals surface area contributed by atoms with Gasteiger partial charge in [-0.1, -0.05) is 12.1 Å². The van der Waals surface area contributed by atoms with Gasteiger partial charge < -0.3 is 10.2 Å². The van der Waals surface area contributed by atoms with E-state index in [-0.39, 0.29) is 18.7 Å². The van der Waals surface area contributed by atoms with E-state index in [0.29, 0.717) is 5.56 Å². The molecule has 1 aliphatic rings. The van der Waals surface area contributed by atoms with Crippen molar-refractivity contribution in [3.8, 4) is 0 Å². The molecule has 2 amide bonds. The summed E-state index contributed by atoms with van der Waals surface area (Å²) >= 11 is 0. The molecule has 24 heavy (non-hydrogen) atoms. The summed E-state index contributed by atoms with van der Waals surface area (Å²) < 4.78 is 39.5. The quantitative estimate of drug-likeness (QED) is 0.917. The van der Waals surface area contributed by atoms with Crippen molar-refractivity contribution in [2.75, 3.05) is 13.1 Å².